The van der Waals surface area contributed by atoms with Crippen molar-refractivity contribution in [3.8, 4) is 22.6 Å². The van der Waals surface area contributed by atoms with Crippen molar-refractivity contribution in [3.63, 3.8) is 0 Å². The second kappa shape index (κ2) is 7.88. The van der Waals surface area contributed by atoms with E-state index in [0.717, 1.165) is 21.7 Å². The summed E-state index contributed by atoms with van der Waals surface area (Å²) in [4.78, 5) is 17.4. The Labute approximate surface area is 183 Å². The highest BCUT2D eigenvalue weighted by molar-refractivity contribution is 9.10. The molecule has 0 saturated heterocycles. The number of nitrogens with zero attached hydrogens (tertiary/aromatic N) is 7. The van der Waals surface area contributed by atoms with Gasteiger partial charge < -0.3 is 0 Å². The first-order valence-electron chi connectivity index (χ1n) is 9.15. The molecule has 0 aliphatic rings. The van der Waals surface area contributed by atoms with Crippen molar-refractivity contribution in [1.29, 1.82) is 0 Å². The fourth-order valence-corrected chi connectivity index (χ4v) is 3.35. The van der Waals surface area contributed by atoms with Gasteiger partial charge in [0, 0.05) is 29.6 Å². The van der Waals surface area contributed by atoms with Gasteiger partial charge in [-0.05, 0) is 39.7 Å². The van der Waals surface area contributed by atoms with Gasteiger partial charge in [-0.1, -0.05) is 23.4 Å². The van der Waals surface area contributed by atoms with E-state index in [-0.39, 0.29) is 5.56 Å². The van der Waals surface area contributed by atoms with Gasteiger partial charge in [0.15, 0.2) is 11.5 Å². The molecule has 0 atom stereocenters. The average molecular weight is 480 g/mol. The lowest BCUT2D eigenvalue weighted by molar-refractivity contribution is 0.584. The van der Waals surface area contributed by atoms with Crippen LogP contribution >= 0.6 is 15.9 Å². The van der Waals surface area contributed by atoms with Crippen molar-refractivity contribution in [2.75, 3.05) is 0 Å². The van der Waals surface area contributed by atoms with Gasteiger partial charge in [0.1, 0.15) is 11.6 Å². The Morgan fingerprint density at radius 1 is 0.871 bits per heavy atom. The van der Waals surface area contributed by atoms with Gasteiger partial charge in [0.05, 0.1) is 22.9 Å². The lowest BCUT2D eigenvalue weighted by atomic mass is 10.1. The van der Waals surface area contributed by atoms with Gasteiger partial charge in [-0.25, -0.2) is 33.4 Å². The predicted octanol–water partition coefficient (Wildman–Crippen LogP) is 4.43. The van der Waals surface area contributed by atoms with Gasteiger partial charge in [0.25, 0.3) is 0 Å². The van der Waals surface area contributed by atoms with Crippen molar-refractivity contribution < 1.29 is 8.78 Å². The number of halogens is 3. The molecule has 2 aromatic carbocycles. The van der Waals surface area contributed by atoms with Crippen LogP contribution in [0.2, 0.25) is 0 Å². The van der Waals surface area contributed by atoms with Crippen molar-refractivity contribution in [3.05, 3.63) is 82.7 Å². The quantitative estimate of drug-likeness (QED) is 0.379. The molecular weight excluding hydrogens is 468 g/mol. The molecule has 0 amide bonds. The molecule has 0 aliphatic heterocycles. The highest BCUT2D eigenvalue weighted by Gasteiger charge is 2.12. The summed E-state index contributed by atoms with van der Waals surface area (Å²) in [6.07, 6.45) is 4.79. The number of hydrogen-bond acceptors (Lipinski definition) is 6. The topological polar surface area (TPSA) is 82.3 Å². The Bertz CT molecular complexity index is 1380. The van der Waals surface area contributed by atoms with E-state index in [9.17, 15) is 8.78 Å². The zero-order chi connectivity index (χ0) is 21.4. The summed E-state index contributed by atoms with van der Waals surface area (Å²) in [6.45, 7) is 0.372. The number of benzene rings is 2. The van der Waals surface area contributed by atoms with E-state index in [2.05, 4.69) is 46.2 Å². The molecule has 0 spiro atoms. The second-order valence-electron chi connectivity index (χ2n) is 6.73. The average Bonchev–Trinajstić information content (AvgIpc) is 3.16. The number of hydrogen-bond donors (Lipinski definition) is 0. The van der Waals surface area contributed by atoms with Crippen LogP contribution in [-0.4, -0.2) is 34.9 Å². The first-order valence-corrected chi connectivity index (χ1v) is 9.94. The molecule has 0 bridgehead atoms. The first kappa shape index (κ1) is 19.3. The van der Waals surface area contributed by atoms with Gasteiger partial charge in [-0.2, -0.15) is 0 Å². The van der Waals surface area contributed by atoms with Crippen LogP contribution < -0.4 is 0 Å². The molecule has 0 saturated carbocycles. The lowest BCUT2D eigenvalue weighted by Gasteiger charge is -2.06. The van der Waals surface area contributed by atoms with E-state index >= 15 is 0 Å². The molecular formula is C21H12BrF2N7. The van der Waals surface area contributed by atoms with Gasteiger partial charge in [-0.3, -0.25) is 0 Å². The second-order valence-corrected chi connectivity index (χ2v) is 7.65. The molecule has 10 heteroatoms. The van der Waals surface area contributed by atoms with Crippen molar-refractivity contribution in [2.45, 2.75) is 6.54 Å². The minimum Gasteiger partial charge on any atom is -0.235 e. The van der Waals surface area contributed by atoms with Gasteiger partial charge in [-0.15, -0.1) is 5.10 Å². The smallest absolute Gasteiger partial charge is 0.221 e. The zero-order valence-corrected chi connectivity index (χ0v) is 17.3. The van der Waals surface area contributed by atoms with Crippen LogP contribution in [0.1, 0.15) is 5.56 Å². The third-order valence-corrected chi connectivity index (χ3v) is 4.93. The lowest BCUT2D eigenvalue weighted by Crippen LogP contribution is -2.04. The summed E-state index contributed by atoms with van der Waals surface area (Å²) in [5.74, 6) is -0.769. The summed E-state index contributed by atoms with van der Waals surface area (Å²) >= 11 is 3.33. The SMILES string of the molecule is Fc1cc(F)cc(-c2cnc3nnn(Cc4cccc(-c5ncc(Br)cn5)c4)c3n2)c1. The molecule has 7 nitrogen and oxygen atoms in total. The third-order valence-electron chi connectivity index (χ3n) is 4.52. The first-order chi connectivity index (χ1) is 15.0. The number of fused-ring (bicyclic) bond motifs is 1. The van der Waals surface area contributed by atoms with Gasteiger partial charge in [0.2, 0.25) is 5.65 Å². The predicted molar refractivity (Wildman–Crippen MR) is 113 cm³/mol. The van der Waals surface area contributed by atoms with E-state index in [0.29, 0.717) is 29.4 Å². The normalized spacial score (nSPS) is 11.2. The maximum absolute atomic E-state index is 13.6. The molecule has 0 fully saturated rings. The molecule has 152 valence electrons. The van der Waals surface area contributed by atoms with Crippen LogP contribution in [0.15, 0.2) is 65.5 Å². The summed E-state index contributed by atoms with van der Waals surface area (Å²) in [5.41, 5.74) is 3.15. The maximum atomic E-state index is 13.6. The largest absolute Gasteiger partial charge is 0.235 e. The van der Waals surface area contributed by atoms with Crippen LogP contribution in [0.5, 0.6) is 0 Å². The van der Waals surface area contributed by atoms with E-state index in [1.54, 1.807) is 17.1 Å². The molecule has 0 radical (unpaired) electrons. The van der Waals surface area contributed by atoms with Crippen LogP contribution in [-0.2, 0) is 6.54 Å². The Kier molecular flexibility index (Phi) is 4.91. The highest BCUT2D eigenvalue weighted by atomic mass is 79.9. The Morgan fingerprint density at radius 2 is 1.65 bits per heavy atom. The number of rotatable bonds is 4. The summed E-state index contributed by atoms with van der Waals surface area (Å²) < 4.78 is 29.6. The molecule has 0 aliphatic carbocycles. The standard InChI is InChI=1S/C21H12BrF2N7/c22-15-8-25-19(26-9-15)13-3-1-2-12(4-13)11-31-21-20(29-30-31)27-10-18(28-21)14-5-16(23)7-17(24)6-14/h1-10H,11H2. The molecule has 0 unspecified atom stereocenters. The van der Waals surface area contributed by atoms with Crippen molar-refractivity contribution >= 4 is 27.2 Å². The minimum absolute atomic E-state index is 0.286. The highest BCUT2D eigenvalue weighted by Crippen LogP contribution is 2.22. The Balaban J connectivity index is 1.50. The Hall–Kier alpha value is -3.66. The number of aromatic nitrogens is 7. The van der Waals surface area contributed by atoms with Crippen LogP contribution in [0.25, 0.3) is 33.9 Å². The van der Waals surface area contributed by atoms with E-state index < -0.39 is 11.6 Å². The van der Waals surface area contributed by atoms with E-state index in [1.165, 1.54) is 18.3 Å². The van der Waals surface area contributed by atoms with Crippen molar-refractivity contribution in [1.82, 2.24) is 34.9 Å². The molecule has 31 heavy (non-hydrogen) atoms. The monoisotopic (exact) mass is 479 g/mol. The Morgan fingerprint density at radius 3 is 2.42 bits per heavy atom. The molecule has 3 aromatic heterocycles. The maximum Gasteiger partial charge on any atom is 0.221 e. The minimum atomic E-state index is -0.685. The van der Waals surface area contributed by atoms with E-state index in [4.69, 9.17) is 0 Å². The fraction of sp³-hybridized carbons (Fsp3) is 0.0476. The molecule has 3 heterocycles. The van der Waals surface area contributed by atoms with Crippen LogP contribution in [0.3, 0.4) is 0 Å². The summed E-state index contributed by atoms with van der Waals surface area (Å²) in [7, 11) is 0. The fourth-order valence-electron chi connectivity index (χ4n) is 3.15. The molecule has 0 N–H and O–H groups in total. The summed E-state index contributed by atoms with van der Waals surface area (Å²) in [5, 5.41) is 8.17. The van der Waals surface area contributed by atoms with Gasteiger partial charge >= 0.3 is 0 Å². The summed E-state index contributed by atoms with van der Waals surface area (Å²) in [6, 6.07) is 10.9. The van der Waals surface area contributed by atoms with Crippen molar-refractivity contribution in [2.24, 2.45) is 0 Å². The third kappa shape index (κ3) is 4.02. The molecule has 5 aromatic rings. The van der Waals surface area contributed by atoms with Crippen LogP contribution in [0, 0.1) is 11.6 Å². The molecule has 5 rings (SSSR count). The van der Waals surface area contributed by atoms with Crippen LogP contribution in [0.4, 0.5) is 8.78 Å². The zero-order valence-electron chi connectivity index (χ0n) is 15.7. The van der Waals surface area contributed by atoms with E-state index in [1.807, 2.05) is 24.3 Å².